The van der Waals surface area contributed by atoms with Gasteiger partial charge in [-0.25, -0.2) is 0 Å². The highest BCUT2D eigenvalue weighted by Gasteiger charge is 2.22. The van der Waals surface area contributed by atoms with Gasteiger partial charge in [0.2, 0.25) is 0 Å². The molecule has 4 heteroatoms. The number of thioether (sulfide) groups is 1. The zero-order valence-corrected chi connectivity index (χ0v) is 12.9. The summed E-state index contributed by atoms with van der Waals surface area (Å²) in [6.45, 7) is 9.56. The van der Waals surface area contributed by atoms with Crippen LogP contribution in [0.25, 0.3) is 0 Å². The van der Waals surface area contributed by atoms with Crippen LogP contribution in [0, 0.1) is 6.92 Å². The van der Waals surface area contributed by atoms with Gasteiger partial charge in [-0.3, -0.25) is 4.90 Å². The van der Waals surface area contributed by atoms with Crippen molar-refractivity contribution in [3.05, 3.63) is 23.8 Å². The second-order valence-electron chi connectivity index (χ2n) is 5.42. The molecule has 0 bridgehead atoms. The molecule has 1 fully saturated rings. The monoisotopic (exact) mass is 280 g/mol. The zero-order chi connectivity index (χ0) is 13.8. The highest BCUT2D eigenvalue weighted by molar-refractivity contribution is 7.99. The van der Waals surface area contributed by atoms with Gasteiger partial charge in [0.05, 0.1) is 12.7 Å². The number of rotatable bonds is 4. The lowest BCUT2D eigenvalue weighted by Crippen LogP contribution is -2.46. The molecule has 0 aromatic heterocycles. The summed E-state index contributed by atoms with van der Waals surface area (Å²) in [5.41, 5.74) is 7.97. The molecule has 1 aromatic rings. The van der Waals surface area contributed by atoms with Crippen molar-refractivity contribution in [2.75, 3.05) is 31.2 Å². The number of nitrogens with zero attached hydrogens (tertiary/aromatic N) is 1. The predicted octanol–water partition coefficient (Wildman–Crippen LogP) is 2.78. The molecule has 0 amide bonds. The molecule has 19 heavy (non-hydrogen) atoms. The van der Waals surface area contributed by atoms with Gasteiger partial charge in [0, 0.05) is 35.5 Å². The molecule has 2 rings (SSSR count). The van der Waals surface area contributed by atoms with E-state index in [9.17, 15) is 0 Å². The Morgan fingerprint density at radius 2 is 2.26 bits per heavy atom. The summed E-state index contributed by atoms with van der Waals surface area (Å²) in [5, 5.41) is 0. The standard InChI is InChI=1S/C15H24N2OS/c1-11(2)17-6-7-18-14(9-17)10-19-15-8-13(16)5-4-12(15)3/h4-5,8,11,14H,6-7,9-10,16H2,1-3H3. The van der Waals surface area contributed by atoms with Crippen molar-refractivity contribution in [3.63, 3.8) is 0 Å². The molecule has 1 saturated heterocycles. The Labute approximate surface area is 120 Å². The minimum Gasteiger partial charge on any atom is -0.399 e. The number of aryl methyl sites for hydroxylation is 1. The van der Waals surface area contributed by atoms with Gasteiger partial charge >= 0.3 is 0 Å². The third-order valence-corrected chi connectivity index (χ3v) is 4.83. The normalized spacial score (nSPS) is 20.9. The predicted molar refractivity (Wildman–Crippen MR) is 82.8 cm³/mol. The van der Waals surface area contributed by atoms with Crippen LogP contribution in [0.4, 0.5) is 5.69 Å². The number of nitrogens with two attached hydrogens (primary N) is 1. The molecule has 1 aliphatic rings. The number of benzene rings is 1. The number of ether oxygens (including phenoxy) is 1. The fraction of sp³-hybridized carbons (Fsp3) is 0.600. The van der Waals surface area contributed by atoms with Gasteiger partial charge in [-0.1, -0.05) is 6.07 Å². The van der Waals surface area contributed by atoms with Crippen LogP contribution in [-0.4, -0.2) is 42.5 Å². The molecule has 3 nitrogen and oxygen atoms in total. The van der Waals surface area contributed by atoms with Crippen molar-refractivity contribution in [2.45, 2.75) is 37.8 Å². The topological polar surface area (TPSA) is 38.5 Å². The maximum absolute atomic E-state index is 5.86. The number of hydrogen-bond donors (Lipinski definition) is 1. The van der Waals surface area contributed by atoms with Crippen LogP contribution < -0.4 is 5.73 Å². The average molecular weight is 280 g/mol. The molecule has 1 aromatic carbocycles. The molecule has 0 aliphatic carbocycles. The maximum Gasteiger partial charge on any atom is 0.0796 e. The quantitative estimate of drug-likeness (QED) is 0.680. The lowest BCUT2D eigenvalue weighted by molar-refractivity contribution is -0.0265. The third kappa shape index (κ3) is 4.13. The van der Waals surface area contributed by atoms with E-state index in [2.05, 4.69) is 37.8 Å². The van der Waals surface area contributed by atoms with Crippen molar-refractivity contribution in [3.8, 4) is 0 Å². The third-order valence-electron chi connectivity index (χ3n) is 3.54. The summed E-state index contributed by atoms with van der Waals surface area (Å²) in [7, 11) is 0. The van der Waals surface area contributed by atoms with Crippen LogP contribution in [0.5, 0.6) is 0 Å². The van der Waals surface area contributed by atoms with Gasteiger partial charge in [0.25, 0.3) is 0 Å². The largest absolute Gasteiger partial charge is 0.399 e. The molecule has 1 heterocycles. The Balaban J connectivity index is 1.89. The van der Waals surface area contributed by atoms with Crippen LogP contribution in [0.15, 0.2) is 23.1 Å². The van der Waals surface area contributed by atoms with Crippen molar-refractivity contribution >= 4 is 17.4 Å². The van der Waals surface area contributed by atoms with Crippen molar-refractivity contribution < 1.29 is 4.74 Å². The van der Waals surface area contributed by atoms with Crippen LogP contribution in [-0.2, 0) is 4.74 Å². The number of morpholine rings is 1. The molecule has 1 atom stereocenters. The van der Waals surface area contributed by atoms with E-state index in [0.29, 0.717) is 12.1 Å². The van der Waals surface area contributed by atoms with E-state index in [4.69, 9.17) is 10.5 Å². The molecule has 0 radical (unpaired) electrons. The van der Waals surface area contributed by atoms with Gasteiger partial charge in [-0.2, -0.15) is 0 Å². The lowest BCUT2D eigenvalue weighted by atomic mass is 10.2. The molecule has 106 valence electrons. The first-order valence-electron chi connectivity index (χ1n) is 6.91. The van der Waals surface area contributed by atoms with E-state index < -0.39 is 0 Å². The zero-order valence-electron chi connectivity index (χ0n) is 12.1. The van der Waals surface area contributed by atoms with Crippen molar-refractivity contribution in [2.24, 2.45) is 0 Å². The maximum atomic E-state index is 5.86. The molecule has 1 unspecified atom stereocenters. The first kappa shape index (κ1) is 14.7. The van der Waals surface area contributed by atoms with Crippen molar-refractivity contribution in [1.82, 2.24) is 4.90 Å². The van der Waals surface area contributed by atoms with E-state index in [1.807, 2.05) is 17.8 Å². The molecule has 2 N–H and O–H groups in total. The molecule has 0 spiro atoms. The van der Waals surface area contributed by atoms with Crippen LogP contribution in [0.2, 0.25) is 0 Å². The Morgan fingerprint density at radius 1 is 1.47 bits per heavy atom. The van der Waals surface area contributed by atoms with Gasteiger partial charge in [0.15, 0.2) is 0 Å². The Morgan fingerprint density at radius 3 is 3.00 bits per heavy atom. The number of nitrogen functional groups attached to an aromatic ring is 1. The lowest BCUT2D eigenvalue weighted by Gasteiger charge is -2.35. The molecular formula is C15H24N2OS. The van der Waals surface area contributed by atoms with E-state index in [1.165, 1.54) is 10.5 Å². The molecule has 1 aliphatic heterocycles. The minimum atomic E-state index is 0.321. The summed E-state index contributed by atoms with van der Waals surface area (Å²) in [6, 6.07) is 6.70. The highest BCUT2D eigenvalue weighted by atomic mass is 32.2. The SMILES string of the molecule is Cc1ccc(N)cc1SCC1CN(C(C)C)CCO1. The summed E-state index contributed by atoms with van der Waals surface area (Å²) in [4.78, 5) is 3.76. The number of hydrogen-bond acceptors (Lipinski definition) is 4. The average Bonchev–Trinajstić information content (AvgIpc) is 2.40. The van der Waals surface area contributed by atoms with Crippen molar-refractivity contribution in [1.29, 1.82) is 0 Å². The van der Waals surface area contributed by atoms with Gasteiger partial charge in [-0.15, -0.1) is 11.8 Å². The Kier molecular flexibility index (Phi) is 5.13. The summed E-state index contributed by atoms with van der Waals surface area (Å²) < 4.78 is 5.86. The first-order chi connectivity index (χ1) is 9.06. The van der Waals surface area contributed by atoms with E-state index in [-0.39, 0.29) is 0 Å². The van der Waals surface area contributed by atoms with Crippen LogP contribution >= 0.6 is 11.8 Å². The van der Waals surface area contributed by atoms with Gasteiger partial charge < -0.3 is 10.5 Å². The minimum absolute atomic E-state index is 0.321. The van der Waals surface area contributed by atoms with E-state index >= 15 is 0 Å². The van der Waals surface area contributed by atoms with Gasteiger partial charge in [0.1, 0.15) is 0 Å². The molecular weight excluding hydrogens is 256 g/mol. The Hall–Kier alpha value is -0.710. The number of anilines is 1. The fourth-order valence-corrected chi connectivity index (χ4v) is 3.35. The van der Waals surface area contributed by atoms with Gasteiger partial charge in [-0.05, 0) is 38.5 Å². The van der Waals surface area contributed by atoms with Crippen LogP contribution in [0.1, 0.15) is 19.4 Å². The smallest absolute Gasteiger partial charge is 0.0796 e. The van der Waals surface area contributed by atoms with E-state index in [0.717, 1.165) is 31.1 Å². The first-order valence-corrected chi connectivity index (χ1v) is 7.89. The second kappa shape index (κ2) is 6.64. The summed E-state index contributed by atoms with van der Waals surface area (Å²) >= 11 is 1.85. The summed E-state index contributed by atoms with van der Waals surface area (Å²) in [6.07, 6.45) is 0.321. The highest BCUT2D eigenvalue weighted by Crippen LogP contribution is 2.26. The molecule has 0 saturated carbocycles. The fourth-order valence-electron chi connectivity index (χ4n) is 2.27. The van der Waals surface area contributed by atoms with E-state index in [1.54, 1.807) is 0 Å². The summed E-state index contributed by atoms with van der Waals surface area (Å²) in [5.74, 6) is 0.994. The Bertz CT molecular complexity index is 423. The van der Waals surface area contributed by atoms with Crippen LogP contribution in [0.3, 0.4) is 0 Å². The second-order valence-corrected chi connectivity index (χ2v) is 6.48.